The first-order valence-electron chi connectivity index (χ1n) is 13.4. The second-order valence-electron chi connectivity index (χ2n) is 10.2. The summed E-state index contributed by atoms with van der Waals surface area (Å²) >= 11 is 5.77. The third-order valence-electron chi connectivity index (χ3n) is 7.54. The smallest absolute Gasteiger partial charge is 0.305 e. The monoisotopic (exact) mass is 671 g/mol. The fourth-order valence-corrected chi connectivity index (χ4v) is 8.57. The zero-order valence-electron chi connectivity index (χ0n) is 22.3. The molecule has 2 aliphatic rings. The molecule has 11 heteroatoms. The predicted molar refractivity (Wildman–Crippen MR) is 171 cm³/mol. The number of halogens is 1. The van der Waals surface area contributed by atoms with E-state index in [0.29, 0.717) is 32.6 Å². The number of nitrogens with one attached hydrogen (secondary N) is 2. The molecule has 3 amide bonds. The van der Waals surface area contributed by atoms with Crippen LogP contribution in [0.1, 0.15) is 16.4 Å². The van der Waals surface area contributed by atoms with Crippen molar-refractivity contribution in [3.8, 4) is 5.75 Å². The molecule has 3 heterocycles. The number of imide groups is 1. The highest BCUT2D eigenvalue weighted by Crippen LogP contribution is 2.54. The number of nitrogens with zero attached hydrogens (tertiary/aromatic N) is 1. The SMILES string of the molecule is O=C(COc1ccc(Br)cc1[C@H]1c2sc(=O)[nH]c2SC2C(=O)N(c3ccccc3)C(=O)C21)Nc1ccc2ccccc2c1. The molecule has 2 aliphatic heterocycles. The standard InChI is InChI=1S/C32H22BrN3O5S2/c33-19-11-13-23(41-16-24(37)34-20-12-10-17-6-4-5-7-18(17)14-20)22(15-19)25-26-28(42-29-27(25)43-32(40)35-29)31(39)36(30(26)38)21-8-2-1-3-9-21/h1-15,25-26,28H,16H2,(H,34,37)(H,35,40)/t25-,26?,28?/m1/s1. The minimum absolute atomic E-state index is 0.269. The van der Waals surface area contributed by atoms with Crippen molar-refractivity contribution < 1.29 is 19.1 Å². The van der Waals surface area contributed by atoms with Gasteiger partial charge in [0.25, 0.3) is 5.91 Å². The topological polar surface area (TPSA) is 109 Å². The number of thiazole rings is 1. The number of ether oxygens (including phenoxy) is 1. The molecule has 8 nitrogen and oxygen atoms in total. The van der Waals surface area contributed by atoms with Gasteiger partial charge in [-0.25, -0.2) is 4.90 Å². The van der Waals surface area contributed by atoms with Gasteiger partial charge in [0.05, 0.1) is 16.6 Å². The number of fused-ring (bicyclic) bond motifs is 3. The Kier molecular flexibility index (Phi) is 7.16. The first-order chi connectivity index (χ1) is 20.9. The first kappa shape index (κ1) is 27.6. The molecule has 0 aliphatic carbocycles. The Morgan fingerprint density at radius 2 is 1.67 bits per heavy atom. The summed E-state index contributed by atoms with van der Waals surface area (Å²) in [6.07, 6.45) is 0. The molecule has 0 radical (unpaired) electrons. The van der Waals surface area contributed by atoms with Crippen molar-refractivity contribution in [3.63, 3.8) is 0 Å². The van der Waals surface area contributed by atoms with Crippen LogP contribution in [0.25, 0.3) is 10.8 Å². The number of amides is 3. The van der Waals surface area contributed by atoms with Crippen LogP contribution in [0.3, 0.4) is 0 Å². The normalized spacial score (nSPS) is 19.3. The van der Waals surface area contributed by atoms with Crippen LogP contribution in [-0.2, 0) is 14.4 Å². The van der Waals surface area contributed by atoms with Gasteiger partial charge in [-0.2, -0.15) is 0 Å². The number of hydrogen-bond donors (Lipinski definition) is 2. The highest BCUT2D eigenvalue weighted by atomic mass is 79.9. The highest BCUT2D eigenvalue weighted by Gasteiger charge is 2.56. The van der Waals surface area contributed by atoms with Gasteiger partial charge in [0.15, 0.2) is 6.61 Å². The predicted octanol–water partition coefficient (Wildman–Crippen LogP) is 6.17. The third kappa shape index (κ3) is 5.07. The fraction of sp³-hybridized carbons (Fsp3) is 0.125. The number of benzene rings is 4. The summed E-state index contributed by atoms with van der Waals surface area (Å²) in [5, 5.41) is 4.78. The summed E-state index contributed by atoms with van der Waals surface area (Å²) in [5.41, 5.74) is 1.75. The number of anilines is 2. The van der Waals surface area contributed by atoms with Crippen LogP contribution in [0, 0.1) is 5.92 Å². The molecule has 5 aromatic rings. The molecule has 3 atom stereocenters. The summed E-state index contributed by atoms with van der Waals surface area (Å²) in [5.74, 6) is -2.06. The van der Waals surface area contributed by atoms with E-state index in [4.69, 9.17) is 4.74 Å². The number of thioether (sulfide) groups is 1. The minimum Gasteiger partial charge on any atom is -0.483 e. The number of aromatic nitrogens is 1. The number of hydrogen-bond acceptors (Lipinski definition) is 7. The maximum Gasteiger partial charge on any atom is 0.305 e. The van der Waals surface area contributed by atoms with E-state index in [1.165, 1.54) is 16.7 Å². The van der Waals surface area contributed by atoms with Gasteiger partial charge in [0, 0.05) is 26.5 Å². The molecule has 7 rings (SSSR count). The van der Waals surface area contributed by atoms with E-state index in [1.807, 2.05) is 54.6 Å². The van der Waals surface area contributed by atoms with Crippen molar-refractivity contribution >= 4 is 78.9 Å². The van der Waals surface area contributed by atoms with Crippen molar-refractivity contribution in [1.29, 1.82) is 0 Å². The van der Waals surface area contributed by atoms with Crippen molar-refractivity contribution in [2.45, 2.75) is 16.2 Å². The van der Waals surface area contributed by atoms with Gasteiger partial charge in [-0.15, -0.1) is 0 Å². The largest absolute Gasteiger partial charge is 0.483 e. The van der Waals surface area contributed by atoms with Crippen LogP contribution in [0.2, 0.25) is 0 Å². The van der Waals surface area contributed by atoms with Crippen LogP contribution < -0.4 is 19.8 Å². The lowest BCUT2D eigenvalue weighted by atomic mass is 9.82. The Morgan fingerprint density at radius 3 is 2.49 bits per heavy atom. The zero-order chi connectivity index (χ0) is 29.7. The molecule has 1 aromatic heterocycles. The van der Waals surface area contributed by atoms with Gasteiger partial charge in [-0.05, 0) is 53.2 Å². The molecule has 0 saturated carbocycles. The lowest BCUT2D eigenvalue weighted by Gasteiger charge is -2.31. The average molecular weight is 673 g/mol. The van der Waals surface area contributed by atoms with Gasteiger partial charge in [0.2, 0.25) is 11.8 Å². The number of H-pyrrole nitrogens is 1. The molecule has 214 valence electrons. The maximum absolute atomic E-state index is 14.0. The molecule has 2 unspecified atom stereocenters. The quantitative estimate of drug-likeness (QED) is 0.209. The maximum atomic E-state index is 14.0. The highest BCUT2D eigenvalue weighted by molar-refractivity contribution is 9.10. The zero-order valence-corrected chi connectivity index (χ0v) is 25.5. The third-order valence-corrected chi connectivity index (χ3v) is 10.4. The Bertz CT molecular complexity index is 1980. The minimum atomic E-state index is -0.778. The van der Waals surface area contributed by atoms with Gasteiger partial charge in [-0.3, -0.25) is 19.2 Å². The van der Waals surface area contributed by atoms with Gasteiger partial charge in [-0.1, -0.05) is 87.6 Å². The van der Waals surface area contributed by atoms with Crippen LogP contribution >= 0.6 is 39.0 Å². The van der Waals surface area contributed by atoms with E-state index >= 15 is 0 Å². The van der Waals surface area contributed by atoms with Gasteiger partial charge < -0.3 is 15.0 Å². The van der Waals surface area contributed by atoms with E-state index in [9.17, 15) is 19.2 Å². The molecule has 1 fully saturated rings. The van der Waals surface area contributed by atoms with Crippen LogP contribution in [0.15, 0.2) is 105 Å². The van der Waals surface area contributed by atoms with Crippen LogP contribution in [0.5, 0.6) is 5.75 Å². The molecular formula is C32H22BrN3O5S2. The summed E-state index contributed by atoms with van der Waals surface area (Å²) in [7, 11) is 0. The molecule has 4 aromatic carbocycles. The first-order valence-corrected chi connectivity index (χ1v) is 15.9. The Balaban J connectivity index is 1.21. The Morgan fingerprint density at radius 1 is 0.907 bits per heavy atom. The lowest BCUT2D eigenvalue weighted by Crippen LogP contribution is -2.32. The Labute approximate surface area is 262 Å². The van der Waals surface area contributed by atoms with Gasteiger partial charge >= 0.3 is 4.87 Å². The summed E-state index contributed by atoms with van der Waals surface area (Å²) in [6, 6.07) is 27.7. The van der Waals surface area contributed by atoms with E-state index < -0.39 is 17.1 Å². The van der Waals surface area contributed by atoms with E-state index in [0.717, 1.165) is 26.6 Å². The van der Waals surface area contributed by atoms with Crippen molar-refractivity contribution in [2.75, 3.05) is 16.8 Å². The molecular weight excluding hydrogens is 650 g/mol. The van der Waals surface area contributed by atoms with Crippen molar-refractivity contribution in [1.82, 2.24) is 4.98 Å². The molecule has 0 bridgehead atoms. The van der Waals surface area contributed by atoms with E-state index in [2.05, 4.69) is 26.2 Å². The number of carbonyl (C=O) groups excluding carboxylic acids is 3. The average Bonchev–Trinajstić information content (AvgIpc) is 3.50. The number of rotatable bonds is 6. The lowest BCUT2D eigenvalue weighted by molar-refractivity contribution is -0.122. The molecule has 43 heavy (non-hydrogen) atoms. The van der Waals surface area contributed by atoms with E-state index in [-0.39, 0.29) is 29.2 Å². The number of aromatic amines is 1. The summed E-state index contributed by atoms with van der Waals surface area (Å²) in [6.45, 7) is -0.281. The van der Waals surface area contributed by atoms with Crippen LogP contribution in [0.4, 0.5) is 11.4 Å². The number of para-hydroxylation sites is 1. The second-order valence-corrected chi connectivity index (χ2v) is 13.3. The molecule has 2 N–H and O–H groups in total. The summed E-state index contributed by atoms with van der Waals surface area (Å²) in [4.78, 5) is 57.6. The van der Waals surface area contributed by atoms with Gasteiger partial charge in [0.1, 0.15) is 11.0 Å². The number of carbonyl (C=O) groups is 3. The van der Waals surface area contributed by atoms with Crippen LogP contribution in [-0.4, -0.2) is 34.6 Å². The van der Waals surface area contributed by atoms with E-state index in [1.54, 1.807) is 36.4 Å². The summed E-state index contributed by atoms with van der Waals surface area (Å²) < 4.78 is 6.81. The second kappa shape index (κ2) is 11.1. The van der Waals surface area contributed by atoms with Crippen molar-refractivity contribution in [2.24, 2.45) is 5.92 Å². The van der Waals surface area contributed by atoms with Crippen molar-refractivity contribution in [3.05, 3.63) is 116 Å². The Hall–Kier alpha value is -4.19. The molecule has 1 saturated heterocycles. The molecule has 0 spiro atoms. The fourth-order valence-electron chi connectivity index (χ4n) is 5.68.